The van der Waals surface area contributed by atoms with Crippen molar-refractivity contribution in [1.29, 1.82) is 0 Å². The summed E-state index contributed by atoms with van der Waals surface area (Å²) in [6, 6.07) is 32.0. The molecule has 0 radical (unpaired) electrons. The lowest BCUT2D eigenvalue weighted by molar-refractivity contribution is 0.264. The molecule has 0 atom stereocenters. The maximum absolute atomic E-state index is 5.23. The minimum absolute atomic E-state index is 0.874. The van der Waals surface area contributed by atoms with Crippen LogP contribution in [0.3, 0.4) is 0 Å². The quantitative estimate of drug-likeness (QED) is 0.273. The minimum Gasteiger partial charge on any atom is -0.326 e. The van der Waals surface area contributed by atoms with Crippen molar-refractivity contribution in [3.8, 4) is 22.6 Å². The summed E-state index contributed by atoms with van der Waals surface area (Å²) < 4.78 is 2.47. The highest BCUT2D eigenvalue weighted by Crippen LogP contribution is 2.31. The summed E-state index contributed by atoms with van der Waals surface area (Å²) in [6.45, 7) is 8.28. The highest BCUT2D eigenvalue weighted by molar-refractivity contribution is 5.68. The average molecular weight is 424 g/mol. The Morgan fingerprint density at radius 2 is 1.31 bits per heavy atom. The van der Waals surface area contributed by atoms with Gasteiger partial charge in [-0.15, -0.1) is 0 Å². The topological polar surface area (TPSA) is 21.1 Å². The molecular formula is C29H33N3. The van der Waals surface area contributed by atoms with Crippen LogP contribution in [-0.2, 0) is 19.6 Å². The summed E-state index contributed by atoms with van der Waals surface area (Å²) in [6.07, 6.45) is 2.30. The number of unbranched alkanes of at least 4 members (excludes halogenated alkanes) is 1. The molecule has 4 rings (SSSR count). The lowest BCUT2D eigenvalue weighted by Crippen LogP contribution is -2.24. The standard InChI is InChI=1S/C29H33N3/c1-3-5-21-32-27(23-31(4-2)22-24-15-9-6-10-16-24)28(25-17-11-7-12-18-25)30-29(32)26-19-13-8-14-20-26/h6-20H,3-5,21-23H2,1-2H3. The third-order valence-electron chi connectivity index (χ3n) is 5.96. The molecule has 3 nitrogen and oxygen atoms in total. The molecule has 0 bridgehead atoms. The molecule has 164 valence electrons. The van der Waals surface area contributed by atoms with Crippen molar-refractivity contribution in [2.75, 3.05) is 6.54 Å². The highest BCUT2D eigenvalue weighted by Gasteiger charge is 2.21. The second-order valence-electron chi connectivity index (χ2n) is 8.26. The van der Waals surface area contributed by atoms with E-state index < -0.39 is 0 Å². The summed E-state index contributed by atoms with van der Waals surface area (Å²) in [5, 5.41) is 0. The SMILES string of the molecule is CCCCn1c(-c2ccccc2)nc(-c2ccccc2)c1CN(CC)Cc1ccccc1. The molecule has 0 N–H and O–H groups in total. The highest BCUT2D eigenvalue weighted by atomic mass is 15.2. The lowest BCUT2D eigenvalue weighted by Gasteiger charge is -2.23. The van der Waals surface area contributed by atoms with Crippen LogP contribution >= 0.6 is 0 Å². The Balaban J connectivity index is 1.79. The number of rotatable bonds is 10. The van der Waals surface area contributed by atoms with Crippen LogP contribution < -0.4 is 0 Å². The molecule has 0 unspecified atom stereocenters. The van der Waals surface area contributed by atoms with Gasteiger partial charge in [0, 0.05) is 30.8 Å². The summed E-state index contributed by atoms with van der Waals surface area (Å²) in [7, 11) is 0. The third kappa shape index (κ3) is 5.17. The second kappa shape index (κ2) is 10.9. The molecule has 0 aliphatic rings. The lowest BCUT2D eigenvalue weighted by atomic mass is 10.1. The molecule has 1 heterocycles. The summed E-state index contributed by atoms with van der Waals surface area (Å²) in [4.78, 5) is 7.74. The molecular weight excluding hydrogens is 390 g/mol. The fraction of sp³-hybridized carbons (Fsp3) is 0.276. The normalized spacial score (nSPS) is 11.2. The predicted molar refractivity (Wildman–Crippen MR) is 134 cm³/mol. The molecule has 0 spiro atoms. The van der Waals surface area contributed by atoms with E-state index in [0.717, 1.165) is 50.5 Å². The molecule has 0 aliphatic carbocycles. The first-order valence-electron chi connectivity index (χ1n) is 11.8. The molecule has 32 heavy (non-hydrogen) atoms. The van der Waals surface area contributed by atoms with Crippen molar-refractivity contribution in [2.24, 2.45) is 0 Å². The number of nitrogens with zero attached hydrogens (tertiary/aromatic N) is 3. The first kappa shape index (κ1) is 22.0. The van der Waals surface area contributed by atoms with E-state index in [1.165, 1.54) is 22.4 Å². The number of benzene rings is 3. The first-order valence-corrected chi connectivity index (χ1v) is 11.8. The molecule has 3 aromatic carbocycles. The van der Waals surface area contributed by atoms with Crippen molar-refractivity contribution in [2.45, 2.75) is 46.3 Å². The van der Waals surface area contributed by atoms with Gasteiger partial charge in [-0.2, -0.15) is 0 Å². The maximum Gasteiger partial charge on any atom is 0.140 e. The van der Waals surface area contributed by atoms with E-state index in [9.17, 15) is 0 Å². The van der Waals surface area contributed by atoms with E-state index >= 15 is 0 Å². The van der Waals surface area contributed by atoms with Gasteiger partial charge in [0.2, 0.25) is 0 Å². The van der Waals surface area contributed by atoms with Gasteiger partial charge in [-0.25, -0.2) is 4.98 Å². The van der Waals surface area contributed by atoms with E-state index in [2.05, 4.69) is 114 Å². The zero-order valence-corrected chi connectivity index (χ0v) is 19.2. The number of imidazole rings is 1. The molecule has 3 heteroatoms. The smallest absolute Gasteiger partial charge is 0.140 e. The van der Waals surface area contributed by atoms with E-state index in [1.807, 2.05) is 0 Å². The van der Waals surface area contributed by atoms with Gasteiger partial charge >= 0.3 is 0 Å². The van der Waals surface area contributed by atoms with Crippen molar-refractivity contribution in [3.05, 3.63) is 102 Å². The molecule has 4 aromatic rings. The van der Waals surface area contributed by atoms with E-state index in [-0.39, 0.29) is 0 Å². The Kier molecular flexibility index (Phi) is 7.52. The molecule has 0 saturated carbocycles. The van der Waals surface area contributed by atoms with Gasteiger partial charge in [0.25, 0.3) is 0 Å². The summed E-state index contributed by atoms with van der Waals surface area (Å²) in [5.41, 5.74) is 6.12. The molecule has 0 saturated heterocycles. The maximum atomic E-state index is 5.23. The molecule has 0 fully saturated rings. The third-order valence-corrected chi connectivity index (χ3v) is 5.96. The van der Waals surface area contributed by atoms with Gasteiger partial charge in [0.05, 0.1) is 11.4 Å². The number of hydrogen-bond acceptors (Lipinski definition) is 2. The van der Waals surface area contributed by atoms with Gasteiger partial charge in [0.15, 0.2) is 0 Å². The second-order valence-corrected chi connectivity index (χ2v) is 8.26. The fourth-order valence-electron chi connectivity index (χ4n) is 4.17. The van der Waals surface area contributed by atoms with Crippen molar-refractivity contribution in [1.82, 2.24) is 14.5 Å². The van der Waals surface area contributed by atoms with Gasteiger partial charge in [-0.3, -0.25) is 4.90 Å². The predicted octanol–water partition coefficient (Wildman–Crippen LogP) is 7.04. The number of aromatic nitrogens is 2. The van der Waals surface area contributed by atoms with Gasteiger partial charge in [-0.05, 0) is 18.5 Å². The van der Waals surface area contributed by atoms with E-state index in [0.29, 0.717) is 0 Å². The van der Waals surface area contributed by atoms with Gasteiger partial charge in [-0.1, -0.05) is 111 Å². The van der Waals surface area contributed by atoms with Gasteiger partial charge in [0.1, 0.15) is 5.82 Å². The minimum atomic E-state index is 0.874. The molecule has 0 amide bonds. The first-order chi connectivity index (χ1) is 15.8. The van der Waals surface area contributed by atoms with Gasteiger partial charge < -0.3 is 4.57 Å². The Bertz CT molecular complexity index is 1090. The summed E-state index contributed by atoms with van der Waals surface area (Å²) >= 11 is 0. The Morgan fingerprint density at radius 3 is 1.91 bits per heavy atom. The van der Waals surface area contributed by atoms with Crippen LogP contribution in [0.25, 0.3) is 22.6 Å². The number of hydrogen-bond donors (Lipinski definition) is 0. The van der Waals surface area contributed by atoms with Crippen LogP contribution in [0, 0.1) is 0 Å². The summed E-state index contributed by atoms with van der Waals surface area (Å²) in [5.74, 6) is 1.07. The van der Waals surface area contributed by atoms with E-state index in [1.54, 1.807) is 0 Å². The molecule has 0 aliphatic heterocycles. The van der Waals surface area contributed by atoms with Crippen LogP contribution in [0.15, 0.2) is 91.0 Å². The fourth-order valence-corrected chi connectivity index (χ4v) is 4.17. The zero-order chi connectivity index (χ0) is 22.2. The molecule has 1 aromatic heterocycles. The van der Waals surface area contributed by atoms with Crippen molar-refractivity contribution in [3.63, 3.8) is 0 Å². The van der Waals surface area contributed by atoms with E-state index in [4.69, 9.17) is 4.98 Å². The van der Waals surface area contributed by atoms with Crippen LogP contribution in [0.1, 0.15) is 37.9 Å². The zero-order valence-electron chi connectivity index (χ0n) is 19.2. The van der Waals surface area contributed by atoms with Crippen molar-refractivity contribution >= 4 is 0 Å². The Labute approximate surface area is 192 Å². The van der Waals surface area contributed by atoms with Crippen molar-refractivity contribution < 1.29 is 0 Å². The van der Waals surface area contributed by atoms with Crippen LogP contribution in [0.5, 0.6) is 0 Å². The monoisotopic (exact) mass is 423 g/mol. The largest absolute Gasteiger partial charge is 0.326 e. The Morgan fingerprint density at radius 1 is 0.719 bits per heavy atom. The van der Waals surface area contributed by atoms with Crippen LogP contribution in [0.2, 0.25) is 0 Å². The van der Waals surface area contributed by atoms with Crippen LogP contribution in [0.4, 0.5) is 0 Å². The Hall–Kier alpha value is -3.17. The van der Waals surface area contributed by atoms with Crippen LogP contribution in [-0.4, -0.2) is 21.0 Å². The average Bonchev–Trinajstić information content (AvgIpc) is 3.22.